The van der Waals surface area contributed by atoms with E-state index in [9.17, 15) is 14.7 Å². The molecule has 114 valence electrons. The van der Waals surface area contributed by atoms with E-state index in [1.54, 1.807) is 12.2 Å². The molecule has 1 saturated heterocycles. The fourth-order valence-electron chi connectivity index (χ4n) is 3.79. The SMILES string of the molecule is O=C(O)[C@@H]1[C@@H](C(=O)Nc2ccc3c(c2)CCC3)[C@@H]2C=C[C@@H]1O2. The van der Waals surface area contributed by atoms with Gasteiger partial charge in [0, 0.05) is 5.69 Å². The molecule has 2 bridgehead atoms. The smallest absolute Gasteiger partial charge is 0.310 e. The number of carbonyl (C=O) groups excluding carboxylic acids is 1. The molecule has 4 rings (SSSR count). The molecule has 0 aromatic heterocycles. The molecule has 0 radical (unpaired) electrons. The van der Waals surface area contributed by atoms with E-state index in [0.29, 0.717) is 0 Å². The molecule has 1 aromatic carbocycles. The molecular weight excluding hydrogens is 282 g/mol. The van der Waals surface area contributed by atoms with Crippen LogP contribution in [0.4, 0.5) is 5.69 Å². The van der Waals surface area contributed by atoms with Crippen LogP contribution in [0.3, 0.4) is 0 Å². The van der Waals surface area contributed by atoms with Gasteiger partial charge in [0.25, 0.3) is 0 Å². The predicted molar refractivity (Wildman–Crippen MR) is 79.5 cm³/mol. The van der Waals surface area contributed by atoms with Crippen molar-refractivity contribution in [1.82, 2.24) is 0 Å². The van der Waals surface area contributed by atoms with Gasteiger partial charge in [-0.25, -0.2) is 0 Å². The molecule has 1 aliphatic carbocycles. The Morgan fingerprint density at radius 1 is 1.09 bits per heavy atom. The number of carboxylic acids is 1. The lowest BCUT2D eigenvalue weighted by atomic mass is 9.82. The van der Waals surface area contributed by atoms with Crippen LogP contribution in [0.2, 0.25) is 0 Å². The van der Waals surface area contributed by atoms with E-state index in [0.717, 1.165) is 24.9 Å². The Balaban J connectivity index is 1.55. The molecule has 4 atom stereocenters. The number of amides is 1. The first kappa shape index (κ1) is 13.5. The molecule has 0 saturated carbocycles. The second kappa shape index (κ2) is 4.95. The maximum Gasteiger partial charge on any atom is 0.310 e. The number of carbonyl (C=O) groups is 2. The summed E-state index contributed by atoms with van der Waals surface area (Å²) in [6.07, 6.45) is 5.89. The Morgan fingerprint density at radius 2 is 1.82 bits per heavy atom. The third kappa shape index (κ3) is 2.04. The Hall–Kier alpha value is -2.14. The van der Waals surface area contributed by atoms with E-state index in [1.165, 1.54) is 11.1 Å². The number of aliphatic carboxylic acids is 1. The normalized spacial score (nSPS) is 31.3. The van der Waals surface area contributed by atoms with E-state index in [-0.39, 0.29) is 5.91 Å². The summed E-state index contributed by atoms with van der Waals surface area (Å²) in [5.74, 6) is -2.72. The topological polar surface area (TPSA) is 75.6 Å². The fourth-order valence-corrected chi connectivity index (χ4v) is 3.79. The highest BCUT2D eigenvalue weighted by molar-refractivity contribution is 5.96. The van der Waals surface area contributed by atoms with Gasteiger partial charge in [0.2, 0.25) is 5.91 Å². The van der Waals surface area contributed by atoms with E-state index >= 15 is 0 Å². The number of rotatable bonds is 3. The molecule has 0 unspecified atom stereocenters. The van der Waals surface area contributed by atoms with Crippen molar-refractivity contribution in [3.63, 3.8) is 0 Å². The summed E-state index contributed by atoms with van der Waals surface area (Å²) in [7, 11) is 0. The Kier molecular flexibility index (Phi) is 3.04. The van der Waals surface area contributed by atoms with Gasteiger partial charge in [-0.1, -0.05) is 18.2 Å². The van der Waals surface area contributed by atoms with Gasteiger partial charge >= 0.3 is 5.97 Å². The molecule has 0 spiro atoms. The molecular formula is C17H17NO4. The fraction of sp³-hybridized carbons (Fsp3) is 0.412. The van der Waals surface area contributed by atoms with E-state index in [4.69, 9.17) is 4.74 Å². The van der Waals surface area contributed by atoms with Crippen LogP contribution in [0.1, 0.15) is 17.5 Å². The standard InChI is InChI=1S/C17H17NO4/c19-16(14-12-6-7-13(22-12)15(14)17(20)21)18-11-5-4-9-2-1-3-10(9)8-11/h4-8,12-15H,1-3H2,(H,18,19)(H,20,21)/t12-,13-,14-,15-/m0/s1. The van der Waals surface area contributed by atoms with Crippen LogP contribution >= 0.6 is 0 Å². The van der Waals surface area contributed by atoms with Crippen LogP contribution in [0.25, 0.3) is 0 Å². The van der Waals surface area contributed by atoms with E-state index in [2.05, 4.69) is 5.32 Å². The first-order chi connectivity index (χ1) is 10.6. The lowest BCUT2D eigenvalue weighted by Gasteiger charge is -2.21. The second-order valence-corrected chi connectivity index (χ2v) is 6.17. The zero-order valence-electron chi connectivity index (χ0n) is 12.0. The molecule has 3 aliphatic rings. The van der Waals surface area contributed by atoms with Gasteiger partial charge in [-0.2, -0.15) is 0 Å². The van der Waals surface area contributed by atoms with Crippen molar-refractivity contribution in [2.24, 2.45) is 11.8 Å². The van der Waals surface area contributed by atoms with Crippen molar-refractivity contribution in [2.75, 3.05) is 5.32 Å². The Bertz CT molecular complexity index is 681. The number of anilines is 1. The summed E-state index contributed by atoms with van der Waals surface area (Å²) in [6.45, 7) is 0. The number of hydrogen-bond donors (Lipinski definition) is 2. The highest BCUT2D eigenvalue weighted by Crippen LogP contribution is 2.40. The zero-order valence-corrected chi connectivity index (χ0v) is 12.0. The molecule has 22 heavy (non-hydrogen) atoms. The minimum atomic E-state index is -0.981. The molecule has 1 amide bonds. The highest BCUT2D eigenvalue weighted by Gasteiger charge is 2.53. The van der Waals surface area contributed by atoms with Crippen LogP contribution in [0, 0.1) is 11.8 Å². The summed E-state index contributed by atoms with van der Waals surface area (Å²) in [4.78, 5) is 23.9. The number of aryl methyl sites for hydroxylation is 2. The van der Waals surface area contributed by atoms with Crippen molar-refractivity contribution in [1.29, 1.82) is 0 Å². The number of benzene rings is 1. The number of carboxylic acid groups (broad SMARTS) is 1. The largest absolute Gasteiger partial charge is 0.481 e. The quantitative estimate of drug-likeness (QED) is 0.834. The van der Waals surface area contributed by atoms with Crippen molar-refractivity contribution in [2.45, 2.75) is 31.5 Å². The zero-order chi connectivity index (χ0) is 15.3. The van der Waals surface area contributed by atoms with Gasteiger partial charge in [0.1, 0.15) is 5.92 Å². The van der Waals surface area contributed by atoms with E-state index in [1.807, 2.05) is 18.2 Å². The second-order valence-electron chi connectivity index (χ2n) is 6.17. The third-order valence-corrected chi connectivity index (χ3v) is 4.85. The van der Waals surface area contributed by atoms with E-state index < -0.39 is 30.0 Å². The van der Waals surface area contributed by atoms with Gasteiger partial charge in [-0.15, -0.1) is 0 Å². The van der Waals surface area contributed by atoms with Crippen molar-refractivity contribution < 1.29 is 19.4 Å². The number of hydrogen-bond acceptors (Lipinski definition) is 3. The lowest BCUT2D eigenvalue weighted by molar-refractivity contribution is -0.145. The monoisotopic (exact) mass is 299 g/mol. The van der Waals surface area contributed by atoms with Gasteiger partial charge in [-0.3, -0.25) is 9.59 Å². The van der Waals surface area contributed by atoms with Crippen molar-refractivity contribution in [3.8, 4) is 0 Å². The molecule has 1 aromatic rings. The summed E-state index contributed by atoms with van der Waals surface area (Å²) in [6, 6.07) is 5.94. The van der Waals surface area contributed by atoms with Crippen LogP contribution in [-0.2, 0) is 27.2 Å². The lowest BCUT2D eigenvalue weighted by Crippen LogP contribution is -2.39. The minimum absolute atomic E-state index is 0.276. The maximum absolute atomic E-state index is 12.5. The average Bonchev–Trinajstić information content (AvgIpc) is 3.20. The van der Waals surface area contributed by atoms with Crippen LogP contribution in [0.15, 0.2) is 30.4 Å². The van der Waals surface area contributed by atoms with Crippen molar-refractivity contribution in [3.05, 3.63) is 41.5 Å². The van der Waals surface area contributed by atoms with Gasteiger partial charge < -0.3 is 15.2 Å². The van der Waals surface area contributed by atoms with Crippen LogP contribution in [-0.4, -0.2) is 29.2 Å². The predicted octanol–water partition coefficient (Wildman–Crippen LogP) is 1.77. The van der Waals surface area contributed by atoms with Gasteiger partial charge in [-0.05, 0) is 42.5 Å². The van der Waals surface area contributed by atoms with Crippen LogP contribution < -0.4 is 5.32 Å². The average molecular weight is 299 g/mol. The Labute approximate surface area is 128 Å². The minimum Gasteiger partial charge on any atom is -0.481 e. The molecule has 1 fully saturated rings. The maximum atomic E-state index is 12.5. The first-order valence-corrected chi connectivity index (χ1v) is 7.63. The molecule has 2 N–H and O–H groups in total. The summed E-state index contributed by atoms with van der Waals surface area (Å²) in [5.41, 5.74) is 3.35. The number of fused-ring (bicyclic) bond motifs is 3. The number of ether oxygens (including phenoxy) is 1. The number of nitrogens with one attached hydrogen (secondary N) is 1. The first-order valence-electron chi connectivity index (χ1n) is 7.63. The Morgan fingerprint density at radius 3 is 2.59 bits per heavy atom. The summed E-state index contributed by atoms with van der Waals surface area (Å²) < 4.78 is 5.54. The highest BCUT2D eigenvalue weighted by atomic mass is 16.5. The third-order valence-electron chi connectivity index (χ3n) is 4.85. The summed E-state index contributed by atoms with van der Waals surface area (Å²) in [5, 5.41) is 12.2. The molecule has 2 heterocycles. The molecule has 5 nitrogen and oxygen atoms in total. The molecule has 2 aliphatic heterocycles. The van der Waals surface area contributed by atoms with Gasteiger partial charge in [0.05, 0.1) is 18.1 Å². The molecule has 5 heteroatoms. The van der Waals surface area contributed by atoms with Gasteiger partial charge in [0.15, 0.2) is 0 Å². The van der Waals surface area contributed by atoms with Crippen LogP contribution in [0.5, 0.6) is 0 Å². The summed E-state index contributed by atoms with van der Waals surface area (Å²) >= 11 is 0. The van der Waals surface area contributed by atoms with Crippen molar-refractivity contribution >= 4 is 17.6 Å².